The number of hydrogen-bond acceptors (Lipinski definition) is 6. The molecule has 2 saturated heterocycles. The van der Waals surface area contributed by atoms with Crippen LogP contribution in [0.15, 0.2) is 41.2 Å². The van der Waals surface area contributed by atoms with Gasteiger partial charge in [0.1, 0.15) is 0 Å². The molecule has 2 aliphatic heterocycles. The molecule has 1 atom stereocenters. The maximum absolute atomic E-state index is 13.8. The number of benzene rings is 2. The molecular weight excluding hydrogens is 556 g/mol. The summed E-state index contributed by atoms with van der Waals surface area (Å²) in [6, 6.07) is 11.7. The third-order valence-electron chi connectivity index (χ3n) is 8.81. The summed E-state index contributed by atoms with van der Waals surface area (Å²) in [5, 5.41) is 0.434. The van der Waals surface area contributed by atoms with Crippen molar-refractivity contribution in [1.82, 2.24) is 24.3 Å². The first-order valence-corrected chi connectivity index (χ1v) is 15.2. The van der Waals surface area contributed by atoms with E-state index in [0.717, 1.165) is 35.0 Å². The Morgan fingerprint density at radius 1 is 1.07 bits per heavy atom. The van der Waals surface area contributed by atoms with Crippen molar-refractivity contribution in [2.45, 2.75) is 63.6 Å². The molecule has 226 valence electrons. The molecule has 5 rings (SSSR count). The number of piperidine rings is 2. The van der Waals surface area contributed by atoms with Gasteiger partial charge in [0.2, 0.25) is 0 Å². The van der Waals surface area contributed by atoms with Crippen LogP contribution in [0.1, 0.15) is 49.8 Å². The Kier molecular flexibility index (Phi) is 9.13. The number of anilines is 1. The number of aromatic nitrogens is 2. The Morgan fingerprint density at radius 3 is 2.40 bits per heavy atom. The lowest BCUT2D eigenvalue weighted by molar-refractivity contribution is -0.142. The fraction of sp³-hybridized carbons (Fsp3) is 0.516. The van der Waals surface area contributed by atoms with Crippen LogP contribution in [0, 0.1) is 0 Å². The lowest BCUT2D eigenvalue weighted by Gasteiger charge is -2.37. The molecule has 0 bridgehead atoms. The maximum Gasteiger partial charge on any atom is 0.410 e. The van der Waals surface area contributed by atoms with Crippen molar-refractivity contribution < 1.29 is 14.3 Å². The minimum absolute atomic E-state index is 0.0301. The lowest BCUT2D eigenvalue weighted by Crippen LogP contribution is -2.50. The van der Waals surface area contributed by atoms with Crippen LogP contribution in [0.4, 0.5) is 10.5 Å². The van der Waals surface area contributed by atoms with Gasteiger partial charge in [-0.1, -0.05) is 36.7 Å². The zero-order chi connectivity index (χ0) is 30.0. The average Bonchev–Trinajstić information content (AvgIpc) is 3.33. The minimum Gasteiger partial charge on any atom is -0.436 e. The smallest absolute Gasteiger partial charge is 0.410 e. The summed E-state index contributed by atoms with van der Waals surface area (Å²) in [6.07, 6.45) is 2.38. The number of carbonyl (C=O) groups is 2. The van der Waals surface area contributed by atoms with Crippen LogP contribution in [0.3, 0.4) is 0 Å². The summed E-state index contributed by atoms with van der Waals surface area (Å²) < 4.78 is 7.77. The van der Waals surface area contributed by atoms with Gasteiger partial charge >= 0.3 is 11.8 Å². The third kappa shape index (κ3) is 6.29. The highest BCUT2D eigenvalue weighted by Gasteiger charge is 2.34. The van der Waals surface area contributed by atoms with E-state index in [4.69, 9.17) is 22.1 Å². The van der Waals surface area contributed by atoms with E-state index in [1.165, 1.54) is 0 Å². The Hall–Kier alpha value is -3.50. The number of H-pyrrole nitrogens is 1. The van der Waals surface area contributed by atoms with Gasteiger partial charge < -0.3 is 30.2 Å². The van der Waals surface area contributed by atoms with E-state index in [0.29, 0.717) is 62.2 Å². The van der Waals surface area contributed by atoms with E-state index < -0.39 is 12.2 Å². The number of para-hydroxylation sites is 2. The van der Waals surface area contributed by atoms with Crippen LogP contribution in [0.5, 0.6) is 0 Å². The average molecular weight is 597 g/mol. The van der Waals surface area contributed by atoms with E-state index >= 15 is 0 Å². The van der Waals surface area contributed by atoms with E-state index in [2.05, 4.69) is 24.0 Å². The first-order chi connectivity index (χ1) is 20.2. The second kappa shape index (κ2) is 12.8. The van der Waals surface area contributed by atoms with Crippen LogP contribution in [-0.2, 0) is 22.4 Å². The van der Waals surface area contributed by atoms with Crippen molar-refractivity contribution in [2.75, 3.05) is 46.0 Å². The summed E-state index contributed by atoms with van der Waals surface area (Å²) in [5.41, 5.74) is 9.90. The van der Waals surface area contributed by atoms with Crippen LogP contribution < -0.4 is 11.4 Å². The standard InChI is InChI=1S/C31H41ClN6O4/c1-4-21-17-20(18-24(32)28(21)33)19-27(29(39)36-13-9-22(10-14-36)35(2)3)42-31(41)37-15-11-23(12-16-37)38-26-8-6-5-7-25(26)34-30(38)40/h5-8,17-18,22-23,27H,4,9-16,19,33H2,1-3H3,(H,34,40)/t27-/m1/s1. The van der Waals surface area contributed by atoms with Crippen molar-refractivity contribution in [3.63, 3.8) is 0 Å². The van der Waals surface area contributed by atoms with Gasteiger partial charge in [0, 0.05) is 44.7 Å². The van der Waals surface area contributed by atoms with Crippen LogP contribution in [0.2, 0.25) is 5.02 Å². The molecule has 3 aromatic rings. The maximum atomic E-state index is 13.8. The Morgan fingerprint density at radius 2 is 1.74 bits per heavy atom. The summed E-state index contributed by atoms with van der Waals surface area (Å²) in [5.74, 6) is -0.188. The zero-order valence-corrected chi connectivity index (χ0v) is 25.4. The molecule has 1 aromatic heterocycles. The number of fused-ring (bicyclic) bond motifs is 1. The normalized spacial score (nSPS) is 17.6. The van der Waals surface area contributed by atoms with Crippen LogP contribution in [-0.4, -0.2) is 88.7 Å². The van der Waals surface area contributed by atoms with E-state index in [1.54, 1.807) is 15.5 Å². The topological polar surface area (TPSA) is 117 Å². The van der Waals surface area contributed by atoms with E-state index in [1.807, 2.05) is 42.2 Å². The molecule has 0 saturated carbocycles. The number of aryl methyl sites for hydroxylation is 1. The second-order valence-corrected chi connectivity index (χ2v) is 12.0. The third-order valence-corrected chi connectivity index (χ3v) is 9.13. The van der Waals surface area contributed by atoms with E-state index in [-0.39, 0.29) is 24.1 Å². The Bertz CT molecular complexity index is 1480. The molecule has 2 aromatic carbocycles. The monoisotopic (exact) mass is 596 g/mol. The number of nitrogen functional groups attached to an aromatic ring is 1. The Labute approximate surface area is 251 Å². The summed E-state index contributed by atoms with van der Waals surface area (Å²) in [6.45, 7) is 4.08. The minimum atomic E-state index is -0.980. The Balaban J connectivity index is 1.29. The number of nitrogens with zero attached hydrogens (tertiary/aromatic N) is 4. The molecule has 10 nitrogen and oxygen atoms in total. The lowest BCUT2D eigenvalue weighted by atomic mass is 9.99. The number of rotatable bonds is 7. The number of ether oxygens (including phenoxy) is 1. The molecule has 2 aliphatic rings. The largest absolute Gasteiger partial charge is 0.436 e. The highest BCUT2D eigenvalue weighted by Crippen LogP contribution is 2.28. The molecule has 42 heavy (non-hydrogen) atoms. The van der Waals surface area contributed by atoms with Crippen LogP contribution in [0.25, 0.3) is 11.0 Å². The highest BCUT2D eigenvalue weighted by molar-refractivity contribution is 6.33. The second-order valence-electron chi connectivity index (χ2n) is 11.6. The number of nitrogens with two attached hydrogens (primary N) is 1. The molecule has 0 spiro atoms. The van der Waals surface area contributed by atoms with Gasteiger partial charge in [-0.05, 0) is 75.5 Å². The first-order valence-electron chi connectivity index (χ1n) is 14.8. The quantitative estimate of drug-likeness (QED) is 0.397. The van der Waals surface area contributed by atoms with Gasteiger partial charge in [0.25, 0.3) is 5.91 Å². The molecule has 0 radical (unpaired) electrons. The van der Waals surface area contributed by atoms with Crippen molar-refractivity contribution in [3.05, 3.63) is 63.0 Å². The molecule has 2 amide bonds. The molecule has 0 unspecified atom stereocenters. The van der Waals surface area contributed by atoms with Crippen molar-refractivity contribution >= 4 is 40.3 Å². The number of carbonyl (C=O) groups excluding carboxylic acids is 2. The predicted octanol–water partition coefficient (Wildman–Crippen LogP) is 4.07. The number of nitrogens with one attached hydrogen (secondary N) is 1. The number of likely N-dealkylation sites (tertiary alicyclic amines) is 2. The van der Waals surface area contributed by atoms with Crippen molar-refractivity contribution in [3.8, 4) is 0 Å². The number of amides is 2. The summed E-state index contributed by atoms with van der Waals surface area (Å²) in [4.78, 5) is 48.5. The number of imidazole rings is 1. The molecule has 11 heteroatoms. The van der Waals surface area contributed by atoms with Gasteiger partial charge in [-0.15, -0.1) is 0 Å². The van der Waals surface area contributed by atoms with E-state index in [9.17, 15) is 14.4 Å². The fourth-order valence-electron chi connectivity index (χ4n) is 6.29. The number of hydrogen-bond donors (Lipinski definition) is 2. The van der Waals surface area contributed by atoms with Crippen LogP contribution >= 0.6 is 11.6 Å². The molecule has 2 fully saturated rings. The zero-order valence-electron chi connectivity index (χ0n) is 24.6. The summed E-state index contributed by atoms with van der Waals surface area (Å²) in [7, 11) is 4.11. The van der Waals surface area contributed by atoms with Crippen molar-refractivity contribution in [1.29, 1.82) is 0 Å². The highest BCUT2D eigenvalue weighted by atomic mass is 35.5. The first kappa shape index (κ1) is 30.0. The molecule has 0 aliphatic carbocycles. The van der Waals surface area contributed by atoms with Crippen molar-refractivity contribution in [2.24, 2.45) is 0 Å². The number of halogens is 1. The molecular formula is C31H41ClN6O4. The van der Waals surface area contributed by atoms with Gasteiger partial charge in [0.15, 0.2) is 6.10 Å². The molecule has 3 heterocycles. The summed E-state index contributed by atoms with van der Waals surface area (Å²) >= 11 is 6.42. The predicted molar refractivity (Wildman–Crippen MR) is 165 cm³/mol. The SMILES string of the molecule is CCc1cc(C[C@@H](OC(=O)N2CCC(n3c(=O)[nH]c4ccccc43)CC2)C(=O)N2CCC(N(C)C)CC2)cc(Cl)c1N. The molecule has 3 N–H and O–H groups in total. The van der Waals surface area contributed by atoms with Gasteiger partial charge in [-0.2, -0.15) is 0 Å². The number of aromatic amines is 1. The fourth-order valence-corrected chi connectivity index (χ4v) is 6.55. The van der Waals surface area contributed by atoms with Gasteiger partial charge in [-0.25, -0.2) is 9.59 Å². The van der Waals surface area contributed by atoms with Gasteiger partial charge in [-0.3, -0.25) is 9.36 Å². The van der Waals surface area contributed by atoms with Gasteiger partial charge in [0.05, 0.1) is 21.7 Å².